The highest BCUT2D eigenvalue weighted by atomic mass is 16.5. The Morgan fingerprint density at radius 3 is 2.78 bits per heavy atom. The summed E-state index contributed by atoms with van der Waals surface area (Å²) in [6.07, 6.45) is 0.503. The molecule has 0 aliphatic heterocycles. The summed E-state index contributed by atoms with van der Waals surface area (Å²) in [4.78, 5) is 10.8. The van der Waals surface area contributed by atoms with Crippen molar-refractivity contribution in [1.29, 1.82) is 0 Å². The van der Waals surface area contributed by atoms with Crippen LogP contribution >= 0.6 is 0 Å². The van der Waals surface area contributed by atoms with Gasteiger partial charge >= 0.3 is 0 Å². The van der Waals surface area contributed by atoms with Crippen LogP contribution in [-0.4, -0.2) is 47.1 Å². The minimum atomic E-state index is -0.903. The molecule has 18 heavy (non-hydrogen) atoms. The van der Waals surface area contributed by atoms with E-state index >= 15 is 0 Å². The summed E-state index contributed by atoms with van der Waals surface area (Å²) >= 11 is 0. The number of nitrogens with zero attached hydrogens (tertiary/aromatic N) is 2. The molecule has 0 aliphatic carbocycles. The molecule has 1 amide bonds. The smallest absolute Gasteiger partial charge is 0.269 e. The molecule has 1 heterocycles. The lowest BCUT2D eigenvalue weighted by Gasteiger charge is -2.23. The molecule has 0 aliphatic rings. The Morgan fingerprint density at radius 2 is 2.28 bits per heavy atom. The van der Waals surface area contributed by atoms with E-state index < -0.39 is 11.5 Å². The summed E-state index contributed by atoms with van der Waals surface area (Å²) in [5.74, 6) is -0.154. The zero-order valence-electron chi connectivity index (χ0n) is 10.5. The number of nitrogens with two attached hydrogens (primary N) is 1. The molecule has 1 unspecified atom stereocenters. The summed E-state index contributed by atoms with van der Waals surface area (Å²) < 4.78 is 4.90. The second-order valence-electron chi connectivity index (χ2n) is 4.26. The quantitative estimate of drug-likeness (QED) is 0.620. The van der Waals surface area contributed by atoms with E-state index in [-0.39, 0.29) is 5.69 Å². The van der Waals surface area contributed by atoms with E-state index in [1.54, 1.807) is 20.1 Å². The van der Waals surface area contributed by atoms with Crippen LogP contribution in [0.25, 0.3) is 0 Å². The number of aromatic nitrogens is 2. The Labute approximate surface area is 105 Å². The summed E-state index contributed by atoms with van der Waals surface area (Å²) in [7, 11) is 1.58. The lowest BCUT2D eigenvalue weighted by molar-refractivity contribution is 0.0356. The van der Waals surface area contributed by atoms with Gasteiger partial charge in [0.1, 0.15) is 5.82 Å². The largest absolute Gasteiger partial charge is 0.388 e. The van der Waals surface area contributed by atoms with E-state index in [1.807, 2.05) is 0 Å². The predicted molar refractivity (Wildman–Crippen MR) is 66.2 cm³/mol. The van der Waals surface area contributed by atoms with Gasteiger partial charge in [-0.15, -0.1) is 10.2 Å². The first-order valence-corrected chi connectivity index (χ1v) is 5.53. The van der Waals surface area contributed by atoms with Crippen LogP contribution in [0.3, 0.4) is 0 Å². The van der Waals surface area contributed by atoms with Crippen molar-refractivity contribution < 1.29 is 14.6 Å². The summed E-state index contributed by atoms with van der Waals surface area (Å²) in [6.45, 7) is 2.48. The third kappa shape index (κ3) is 4.64. The third-order valence-electron chi connectivity index (χ3n) is 2.41. The van der Waals surface area contributed by atoms with Crippen LogP contribution in [0.1, 0.15) is 23.8 Å². The van der Waals surface area contributed by atoms with Crippen molar-refractivity contribution in [2.75, 3.05) is 25.6 Å². The molecule has 0 aromatic carbocycles. The van der Waals surface area contributed by atoms with Crippen molar-refractivity contribution in [3.8, 4) is 0 Å². The van der Waals surface area contributed by atoms with Gasteiger partial charge in [0.05, 0.1) is 5.60 Å². The van der Waals surface area contributed by atoms with Crippen LogP contribution in [0.4, 0.5) is 5.82 Å². The van der Waals surface area contributed by atoms with Crippen LogP contribution in [0.5, 0.6) is 0 Å². The minimum Gasteiger partial charge on any atom is -0.388 e. The number of primary amides is 1. The molecular formula is C11H18N4O3. The molecule has 0 radical (unpaired) electrons. The van der Waals surface area contributed by atoms with Crippen LogP contribution in [-0.2, 0) is 4.74 Å². The number of amides is 1. The molecule has 1 atom stereocenters. The topological polar surface area (TPSA) is 110 Å². The van der Waals surface area contributed by atoms with E-state index in [0.29, 0.717) is 25.4 Å². The number of hydrogen-bond donors (Lipinski definition) is 3. The van der Waals surface area contributed by atoms with Crippen molar-refractivity contribution in [3.05, 3.63) is 17.8 Å². The number of anilines is 1. The second kappa shape index (κ2) is 6.27. The zero-order valence-corrected chi connectivity index (χ0v) is 10.5. The fourth-order valence-corrected chi connectivity index (χ4v) is 1.25. The predicted octanol–water partition coefficient (Wildman–Crippen LogP) is -0.225. The number of rotatable bonds is 7. The highest BCUT2D eigenvalue weighted by Gasteiger charge is 2.19. The highest BCUT2D eigenvalue weighted by molar-refractivity contribution is 5.90. The Hall–Kier alpha value is -1.73. The maximum Gasteiger partial charge on any atom is 0.269 e. The minimum absolute atomic E-state index is 0.103. The van der Waals surface area contributed by atoms with Gasteiger partial charge in [0.15, 0.2) is 5.69 Å². The maximum absolute atomic E-state index is 10.8. The van der Waals surface area contributed by atoms with Gasteiger partial charge in [-0.3, -0.25) is 4.79 Å². The maximum atomic E-state index is 10.8. The van der Waals surface area contributed by atoms with Gasteiger partial charge in [0, 0.05) is 26.7 Å². The summed E-state index contributed by atoms with van der Waals surface area (Å²) in [6, 6.07) is 3.06. The average molecular weight is 254 g/mol. The number of nitrogens with one attached hydrogen (secondary N) is 1. The SMILES string of the molecule is COCCC(C)(O)CNc1ccc(C(N)=O)nn1. The first-order valence-electron chi connectivity index (χ1n) is 5.53. The van der Waals surface area contributed by atoms with E-state index in [4.69, 9.17) is 10.5 Å². The van der Waals surface area contributed by atoms with E-state index in [2.05, 4.69) is 15.5 Å². The van der Waals surface area contributed by atoms with Crippen molar-refractivity contribution in [3.63, 3.8) is 0 Å². The van der Waals surface area contributed by atoms with Gasteiger partial charge in [-0.05, 0) is 19.1 Å². The molecule has 0 saturated heterocycles. The Balaban J connectivity index is 2.50. The van der Waals surface area contributed by atoms with E-state index in [9.17, 15) is 9.90 Å². The average Bonchev–Trinajstić information content (AvgIpc) is 2.35. The van der Waals surface area contributed by atoms with Gasteiger partial charge in [0.25, 0.3) is 5.91 Å². The molecule has 0 saturated carbocycles. The van der Waals surface area contributed by atoms with Crippen molar-refractivity contribution >= 4 is 11.7 Å². The Kier molecular flexibility index (Phi) is 4.99. The van der Waals surface area contributed by atoms with Crippen LogP contribution in [0.2, 0.25) is 0 Å². The standard InChI is InChI=1S/C11H18N4O3/c1-11(17,5-6-18-2)7-13-9-4-3-8(10(12)16)14-15-9/h3-4,17H,5-7H2,1-2H3,(H2,12,16)(H,13,15). The van der Waals surface area contributed by atoms with Crippen molar-refractivity contribution in [2.45, 2.75) is 18.9 Å². The van der Waals surface area contributed by atoms with Gasteiger partial charge in [-0.2, -0.15) is 0 Å². The molecule has 0 fully saturated rings. The van der Waals surface area contributed by atoms with Gasteiger partial charge < -0.3 is 20.9 Å². The van der Waals surface area contributed by atoms with Gasteiger partial charge in [-0.25, -0.2) is 0 Å². The highest BCUT2D eigenvalue weighted by Crippen LogP contribution is 2.11. The van der Waals surface area contributed by atoms with E-state index in [0.717, 1.165) is 0 Å². The Morgan fingerprint density at radius 1 is 1.56 bits per heavy atom. The van der Waals surface area contributed by atoms with Crippen LogP contribution in [0.15, 0.2) is 12.1 Å². The lowest BCUT2D eigenvalue weighted by Crippen LogP contribution is -2.35. The first-order chi connectivity index (χ1) is 8.44. The molecule has 1 aromatic rings. The Bertz CT molecular complexity index is 392. The van der Waals surface area contributed by atoms with Crippen molar-refractivity contribution in [1.82, 2.24) is 10.2 Å². The van der Waals surface area contributed by atoms with Crippen LogP contribution < -0.4 is 11.1 Å². The number of ether oxygens (including phenoxy) is 1. The zero-order chi connectivity index (χ0) is 13.6. The second-order valence-corrected chi connectivity index (χ2v) is 4.26. The lowest BCUT2D eigenvalue weighted by atomic mass is 10.0. The van der Waals surface area contributed by atoms with Gasteiger partial charge in [0.2, 0.25) is 0 Å². The molecule has 0 spiro atoms. The summed E-state index contributed by atoms with van der Waals surface area (Å²) in [5.41, 5.74) is 4.25. The number of carbonyl (C=O) groups is 1. The fraction of sp³-hybridized carbons (Fsp3) is 0.545. The molecule has 1 rings (SSSR count). The normalized spacial score (nSPS) is 13.9. The molecule has 0 bridgehead atoms. The molecular weight excluding hydrogens is 236 g/mol. The number of methoxy groups -OCH3 is 1. The molecule has 100 valence electrons. The molecule has 7 heteroatoms. The third-order valence-corrected chi connectivity index (χ3v) is 2.41. The number of hydrogen-bond acceptors (Lipinski definition) is 6. The summed E-state index contributed by atoms with van der Waals surface area (Å²) in [5, 5.41) is 20.3. The molecule has 4 N–H and O–H groups in total. The monoisotopic (exact) mass is 254 g/mol. The van der Waals surface area contributed by atoms with Crippen LogP contribution in [0, 0.1) is 0 Å². The van der Waals surface area contributed by atoms with Gasteiger partial charge in [-0.1, -0.05) is 0 Å². The van der Waals surface area contributed by atoms with Crippen molar-refractivity contribution in [2.24, 2.45) is 5.73 Å². The number of aliphatic hydroxyl groups is 1. The molecule has 1 aromatic heterocycles. The number of carbonyl (C=O) groups excluding carboxylic acids is 1. The van der Waals surface area contributed by atoms with E-state index in [1.165, 1.54) is 6.07 Å². The first kappa shape index (κ1) is 14.3. The fourth-order valence-electron chi connectivity index (χ4n) is 1.25. The molecule has 7 nitrogen and oxygen atoms in total.